The van der Waals surface area contributed by atoms with Crippen LogP contribution < -0.4 is 32.3 Å². The minimum Gasteiger partial charge on any atom is -0.508 e. The molecule has 4 aromatic rings. The van der Waals surface area contributed by atoms with E-state index in [1.165, 1.54) is 0 Å². The molecule has 0 saturated carbocycles. The number of hydrogen-bond donors (Lipinski definition) is 8. The highest BCUT2D eigenvalue weighted by atomic mass is 16.5. The maximum atomic E-state index is 14.1. The number of hydrogen-bond acceptors (Lipinski definition) is 7. The van der Waals surface area contributed by atoms with E-state index in [9.17, 15) is 24.3 Å². The van der Waals surface area contributed by atoms with Crippen LogP contribution in [0.1, 0.15) is 43.2 Å². The summed E-state index contributed by atoms with van der Waals surface area (Å²) < 4.78 is 5.96. The number of anilines is 1. The summed E-state index contributed by atoms with van der Waals surface area (Å²) >= 11 is 0. The molecule has 13 heteroatoms. The normalized spacial score (nSPS) is 20.3. The first-order valence-corrected chi connectivity index (χ1v) is 18.3. The number of amides is 4. The Bertz CT molecular complexity index is 1880. The number of aromatic hydroxyl groups is 1. The lowest BCUT2D eigenvalue weighted by molar-refractivity contribution is -0.134. The third kappa shape index (κ3) is 11.8. The number of ether oxygens (including phenoxy) is 1. The van der Waals surface area contributed by atoms with E-state index in [4.69, 9.17) is 15.9 Å². The Labute approximate surface area is 314 Å². The van der Waals surface area contributed by atoms with E-state index in [-0.39, 0.29) is 50.2 Å². The second-order valence-corrected chi connectivity index (χ2v) is 13.5. The maximum absolute atomic E-state index is 14.1. The molecule has 4 atom stereocenters. The SMILES string of the molecule is N=C(N)NCCCC1NC(=O)C(Cc2ccccc2)NC(=O)C(Cc2ccc(O)cc2)CCCCOCC(C(=O)Nc2cccc3ccccc23)NC1=O. The maximum Gasteiger partial charge on any atom is 0.249 e. The first-order chi connectivity index (χ1) is 26.2. The molecule has 4 unspecified atom stereocenters. The van der Waals surface area contributed by atoms with Crippen LogP contribution in [-0.4, -0.2) is 72.6 Å². The van der Waals surface area contributed by atoms with Gasteiger partial charge in [0.2, 0.25) is 23.6 Å². The number of fused-ring (bicyclic) bond motifs is 1. The number of rotatable bonds is 10. The number of carbonyl (C=O) groups excluding carboxylic acids is 4. The smallest absolute Gasteiger partial charge is 0.249 e. The number of guanidine groups is 1. The summed E-state index contributed by atoms with van der Waals surface area (Å²) in [6.45, 7) is 0.435. The van der Waals surface area contributed by atoms with Gasteiger partial charge in [0.1, 0.15) is 23.9 Å². The Morgan fingerprint density at radius 2 is 1.48 bits per heavy atom. The van der Waals surface area contributed by atoms with Gasteiger partial charge in [-0.25, -0.2) is 0 Å². The molecular formula is C41H49N7O6. The quantitative estimate of drug-likeness (QED) is 0.0686. The molecule has 1 fully saturated rings. The van der Waals surface area contributed by atoms with E-state index in [0.717, 1.165) is 21.9 Å². The summed E-state index contributed by atoms with van der Waals surface area (Å²) in [6, 6.07) is 26.0. The van der Waals surface area contributed by atoms with E-state index in [1.807, 2.05) is 66.7 Å². The molecule has 0 bridgehead atoms. The fraction of sp³-hybridized carbons (Fsp3) is 0.341. The van der Waals surface area contributed by atoms with Crippen LogP contribution in [0.3, 0.4) is 0 Å². The highest BCUT2D eigenvalue weighted by Crippen LogP contribution is 2.23. The fourth-order valence-electron chi connectivity index (χ4n) is 6.47. The average Bonchev–Trinajstić information content (AvgIpc) is 3.16. The van der Waals surface area contributed by atoms with E-state index < -0.39 is 41.8 Å². The van der Waals surface area contributed by atoms with Crippen LogP contribution in [0.2, 0.25) is 0 Å². The number of phenols is 1. The number of carbonyl (C=O) groups is 4. The van der Waals surface area contributed by atoms with Crippen molar-refractivity contribution in [1.82, 2.24) is 21.3 Å². The molecule has 4 aromatic carbocycles. The van der Waals surface area contributed by atoms with E-state index in [0.29, 0.717) is 37.8 Å². The number of nitrogens with two attached hydrogens (primary N) is 1. The van der Waals surface area contributed by atoms with Gasteiger partial charge < -0.3 is 42.2 Å². The van der Waals surface area contributed by atoms with Gasteiger partial charge >= 0.3 is 0 Å². The second kappa shape index (κ2) is 19.8. The molecule has 1 aliphatic heterocycles. The summed E-state index contributed by atoms with van der Waals surface area (Å²) in [6.07, 6.45) is 2.78. The highest BCUT2D eigenvalue weighted by molar-refractivity contribution is 6.05. The van der Waals surface area contributed by atoms with Crippen molar-refractivity contribution in [1.29, 1.82) is 5.41 Å². The molecule has 1 saturated heterocycles. The van der Waals surface area contributed by atoms with E-state index >= 15 is 0 Å². The predicted octanol–water partition coefficient (Wildman–Crippen LogP) is 3.50. The Kier molecular flexibility index (Phi) is 14.4. The standard InChI is InChI=1S/C41H49N7O6/c42-41(43)44-22-9-17-34-38(51)48-36(40(53)45-33-16-8-14-29-12-4-5-15-32(29)33)26-54-23-7-6-13-30(24-28-18-20-31(49)21-19-28)37(50)47-35(39(52)46-34)25-27-10-2-1-3-11-27/h1-5,8,10-12,14-16,18-21,30,34-36,49H,6-7,9,13,17,22-26H2,(H,45,53)(H,46,52)(H,47,50)(H,48,51)(H4,42,43,44). The van der Waals surface area contributed by atoms with Crippen LogP contribution in [-0.2, 0) is 36.8 Å². The topological polar surface area (TPSA) is 208 Å². The van der Waals surface area contributed by atoms with Crippen molar-refractivity contribution in [2.45, 2.75) is 63.1 Å². The van der Waals surface area contributed by atoms with Crippen LogP contribution in [0.5, 0.6) is 5.75 Å². The van der Waals surface area contributed by atoms with Crippen LogP contribution in [0.4, 0.5) is 5.69 Å². The van der Waals surface area contributed by atoms with Crippen LogP contribution in [0.15, 0.2) is 97.1 Å². The molecule has 284 valence electrons. The van der Waals surface area contributed by atoms with Crippen molar-refractivity contribution in [3.05, 3.63) is 108 Å². The molecule has 0 radical (unpaired) electrons. The van der Waals surface area contributed by atoms with Crippen molar-refractivity contribution in [2.24, 2.45) is 11.7 Å². The van der Waals surface area contributed by atoms with Crippen molar-refractivity contribution in [3.63, 3.8) is 0 Å². The zero-order valence-corrected chi connectivity index (χ0v) is 30.2. The lowest BCUT2D eigenvalue weighted by Crippen LogP contribution is -2.58. The molecule has 1 aliphatic rings. The summed E-state index contributed by atoms with van der Waals surface area (Å²) in [7, 11) is 0. The number of phenolic OH excluding ortho intramolecular Hbond substituents is 1. The Morgan fingerprint density at radius 1 is 0.796 bits per heavy atom. The third-order valence-electron chi connectivity index (χ3n) is 9.38. The van der Waals surface area contributed by atoms with Gasteiger partial charge in [0.15, 0.2) is 5.96 Å². The van der Waals surface area contributed by atoms with Gasteiger partial charge in [0, 0.05) is 36.6 Å². The summed E-state index contributed by atoms with van der Waals surface area (Å²) in [4.78, 5) is 55.9. The molecular weight excluding hydrogens is 686 g/mol. The summed E-state index contributed by atoms with van der Waals surface area (Å²) in [5.74, 6) is -2.54. The predicted molar refractivity (Wildman–Crippen MR) is 208 cm³/mol. The molecule has 1 heterocycles. The fourth-order valence-corrected chi connectivity index (χ4v) is 6.47. The summed E-state index contributed by atoms with van der Waals surface area (Å²) in [5.41, 5.74) is 7.72. The Hall–Kier alpha value is -5.95. The lowest BCUT2D eigenvalue weighted by atomic mass is 9.92. The van der Waals surface area contributed by atoms with Gasteiger partial charge in [0.25, 0.3) is 0 Å². The largest absolute Gasteiger partial charge is 0.508 e. The molecule has 0 aliphatic carbocycles. The first-order valence-electron chi connectivity index (χ1n) is 18.3. The van der Waals surface area contributed by atoms with Crippen LogP contribution in [0, 0.1) is 11.3 Å². The van der Waals surface area contributed by atoms with Gasteiger partial charge in [-0.1, -0.05) is 85.3 Å². The van der Waals surface area contributed by atoms with Crippen molar-refractivity contribution in [2.75, 3.05) is 25.1 Å². The molecule has 54 heavy (non-hydrogen) atoms. The average molecular weight is 736 g/mol. The molecule has 0 aromatic heterocycles. The van der Waals surface area contributed by atoms with Gasteiger partial charge in [-0.05, 0) is 66.8 Å². The molecule has 5 rings (SSSR count). The first kappa shape index (κ1) is 39.3. The molecule has 0 spiro atoms. The minimum absolute atomic E-state index is 0.122. The minimum atomic E-state index is -1.10. The lowest BCUT2D eigenvalue weighted by Gasteiger charge is -2.27. The van der Waals surface area contributed by atoms with E-state index in [2.05, 4.69) is 26.6 Å². The number of nitrogens with one attached hydrogen (secondary N) is 6. The molecule has 9 N–H and O–H groups in total. The summed E-state index contributed by atoms with van der Waals surface area (Å²) in [5, 5.41) is 33.4. The van der Waals surface area contributed by atoms with Crippen molar-refractivity contribution < 1.29 is 29.0 Å². The van der Waals surface area contributed by atoms with Gasteiger partial charge in [-0.15, -0.1) is 0 Å². The highest BCUT2D eigenvalue weighted by Gasteiger charge is 2.32. The second-order valence-electron chi connectivity index (χ2n) is 13.5. The van der Waals surface area contributed by atoms with Gasteiger partial charge in [0.05, 0.1) is 6.61 Å². The molecule has 4 amide bonds. The Balaban J connectivity index is 1.42. The zero-order valence-electron chi connectivity index (χ0n) is 30.2. The monoisotopic (exact) mass is 735 g/mol. The van der Waals surface area contributed by atoms with Crippen LogP contribution in [0.25, 0.3) is 10.8 Å². The van der Waals surface area contributed by atoms with Crippen molar-refractivity contribution >= 4 is 46.0 Å². The Morgan fingerprint density at radius 3 is 2.26 bits per heavy atom. The number of benzene rings is 4. The van der Waals surface area contributed by atoms with Gasteiger partial charge in [-0.2, -0.15) is 0 Å². The molecule has 13 nitrogen and oxygen atoms in total. The van der Waals surface area contributed by atoms with Crippen LogP contribution >= 0.6 is 0 Å². The van der Waals surface area contributed by atoms with Crippen molar-refractivity contribution in [3.8, 4) is 5.75 Å². The third-order valence-corrected chi connectivity index (χ3v) is 9.38. The zero-order chi connectivity index (χ0) is 38.3. The van der Waals surface area contributed by atoms with E-state index in [1.54, 1.807) is 30.3 Å². The van der Waals surface area contributed by atoms with Gasteiger partial charge in [-0.3, -0.25) is 24.6 Å².